The fourth-order valence-electron chi connectivity index (χ4n) is 1.61. The molecule has 2 aromatic rings. The van der Waals surface area contributed by atoms with Crippen molar-refractivity contribution >= 4 is 11.8 Å². The molecule has 2 rings (SSSR count). The molecule has 0 radical (unpaired) electrons. The van der Waals surface area contributed by atoms with Gasteiger partial charge in [0.15, 0.2) is 0 Å². The van der Waals surface area contributed by atoms with Crippen LogP contribution in [-0.2, 0) is 6.54 Å². The Morgan fingerprint density at radius 1 is 1.05 bits per heavy atom. The Morgan fingerprint density at radius 2 is 2.00 bits per heavy atom. The summed E-state index contributed by atoms with van der Waals surface area (Å²) in [6.07, 6.45) is 5.84. The quantitative estimate of drug-likeness (QED) is 0.747. The number of hydrogen-bond donors (Lipinski definition) is 2. The summed E-state index contributed by atoms with van der Waals surface area (Å²) in [7, 11) is 0. The first kappa shape index (κ1) is 13.3. The van der Waals surface area contributed by atoms with E-state index >= 15 is 0 Å². The summed E-state index contributed by atoms with van der Waals surface area (Å²) in [5.74, 6) is 1.47. The number of aromatic nitrogens is 3. The third-order valence-electron chi connectivity index (χ3n) is 2.65. The minimum absolute atomic E-state index is 0.618. The van der Waals surface area contributed by atoms with Crippen molar-refractivity contribution in [2.45, 2.75) is 26.3 Å². The SMILES string of the molecule is CCCCNc1ccnc(NCc2ccccn2)n1. The van der Waals surface area contributed by atoms with Crippen LogP contribution in [0.3, 0.4) is 0 Å². The van der Waals surface area contributed by atoms with E-state index < -0.39 is 0 Å². The zero-order valence-electron chi connectivity index (χ0n) is 11.1. The van der Waals surface area contributed by atoms with Crippen molar-refractivity contribution in [3.63, 3.8) is 0 Å². The summed E-state index contributed by atoms with van der Waals surface area (Å²) in [6.45, 7) is 3.73. The molecule has 0 aliphatic rings. The molecule has 0 unspecified atom stereocenters. The van der Waals surface area contributed by atoms with E-state index in [2.05, 4.69) is 32.5 Å². The Balaban J connectivity index is 1.88. The average molecular weight is 257 g/mol. The van der Waals surface area contributed by atoms with Gasteiger partial charge in [0.1, 0.15) is 5.82 Å². The number of rotatable bonds is 7. The van der Waals surface area contributed by atoms with Crippen molar-refractivity contribution in [1.82, 2.24) is 15.0 Å². The number of nitrogens with zero attached hydrogens (tertiary/aromatic N) is 3. The van der Waals surface area contributed by atoms with Crippen LogP contribution in [0.2, 0.25) is 0 Å². The Kier molecular flexibility index (Phi) is 5.10. The van der Waals surface area contributed by atoms with Crippen LogP contribution in [0.25, 0.3) is 0 Å². The van der Waals surface area contributed by atoms with Gasteiger partial charge in [0.2, 0.25) is 5.95 Å². The number of unbranched alkanes of at least 4 members (excludes halogenated alkanes) is 1. The molecule has 2 heterocycles. The van der Waals surface area contributed by atoms with Gasteiger partial charge in [-0.3, -0.25) is 4.98 Å². The topological polar surface area (TPSA) is 62.7 Å². The minimum atomic E-state index is 0.618. The van der Waals surface area contributed by atoms with Gasteiger partial charge < -0.3 is 10.6 Å². The first-order chi connectivity index (χ1) is 9.38. The summed E-state index contributed by atoms with van der Waals surface area (Å²) in [5, 5.41) is 6.44. The lowest BCUT2D eigenvalue weighted by atomic mass is 10.3. The standard InChI is InChI=1S/C14H19N5/c1-2-3-8-16-13-7-10-17-14(19-13)18-11-12-6-4-5-9-15-12/h4-7,9-10H,2-3,8,11H2,1H3,(H2,16,17,18,19). The van der Waals surface area contributed by atoms with Gasteiger partial charge in [0.05, 0.1) is 12.2 Å². The lowest BCUT2D eigenvalue weighted by Crippen LogP contribution is -2.08. The van der Waals surface area contributed by atoms with Gasteiger partial charge in [-0.15, -0.1) is 0 Å². The van der Waals surface area contributed by atoms with Gasteiger partial charge in [-0.25, -0.2) is 4.98 Å². The summed E-state index contributed by atoms with van der Waals surface area (Å²) < 4.78 is 0. The van der Waals surface area contributed by atoms with E-state index in [-0.39, 0.29) is 0 Å². The van der Waals surface area contributed by atoms with Crippen LogP contribution in [0, 0.1) is 0 Å². The molecule has 0 bridgehead atoms. The van der Waals surface area contributed by atoms with Gasteiger partial charge in [0, 0.05) is 18.9 Å². The van der Waals surface area contributed by atoms with E-state index in [0.717, 1.165) is 24.5 Å². The van der Waals surface area contributed by atoms with Crippen molar-refractivity contribution in [2.75, 3.05) is 17.2 Å². The van der Waals surface area contributed by atoms with Crippen LogP contribution in [0.5, 0.6) is 0 Å². The van der Waals surface area contributed by atoms with E-state index in [0.29, 0.717) is 12.5 Å². The molecule has 0 amide bonds. The molecule has 0 aliphatic heterocycles. The van der Waals surface area contributed by atoms with Gasteiger partial charge in [-0.2, -0.15) is 4.98 Å². The molecule has 0 spiro atoms. The van der Waals surface area contributed by atoms with E-state index in [1.54, 1.807) is 12.4 Å². The zero-order valence-corrected chi connectivity index (χ0v) is 11.1. The Bertz CT molecular complexity index is 486. The van der Waals surface area contributed by atoms with E-state index in [1.165, 1.54) is 6.42 Å². The average Bonchev–Trinajstić information content (AvgIpc) is 2.47. The highest BCUT2D eigenvalue weighted by atomic mass is 15.1. The smallest absolute Gasteiger partial charge is 0.224 e. The summed E-state index contributed by atoms with van der Waals surface area (Å²) in [6, 6.07) is 7.71. The zero-order chi connectivity index (χ0) is 13.3. The van der Waals surface area contributed by atoms with Crippen molar-refractivity contribution < 1.29 is 0 Å². The lowest BCUT2D eigenvalue weighted by molar-refractivity contribution is 0.830. The molecule has 0 saturated heterocycles. The molecule has 0 fully saturated rings. The normalized spacial score (nSPS) is 10.2. The largest absolute Gasteiger partial charge is 0.370 e. The van der Waals surface area contributed by atoms with Gasteiger partial charge in [-0.05, 0) is 24.6 Å². The first-order valence-electron chi connectivity index (χ1n) is 6.59. The maximum Gasteiger partial charge on any atom is 0.224 e. The van der Waals surface area contributed by atoms with Crippen molar-refractivity contribution in [3.05, 3.63) is 42.4 Å². The predicted octanol–water partition coefficient (Wildman–Crippen LogP) is 2.70. The molecule has 2 N–H and O–H groups in total. The fourth-order valence-corrected chi connectivity index (χ4v) is 1.61. The van der Waals surface area contributed by atoms with E-state index in [9.17, 15) is 0 Å². The lowest BCUT2D eigenvalue weighted by Gasteiger charge is -2.07. The Labute approximate surface area is 113 Å². The molecule has 0 saturated carbocycles. The van der Waals surface area contributed by atoms with Crippen LogP contribution in [0.1, 0.15) is 25.5 Å². The Morgan fingerprint density at radius 3 is 2.79 bits per heavy atom. The summed E-state index contributed by atoms with van der Waals surface area (Å²) >= 11 is 0. The number of hydrogen-bond acceptors (Lipinski definition) is 5. The number of pyridine rings is 1. The third-order valence-corrected chi connectivity index (χ3v) is 2.65. The van der Waals surface area contributed by atoms with Crippen LogP contribution in [0.4, 0.5) is 11.8 Å². The predicted molar refractivity (Wildman–Crippen MR) is 77.0 cm³/mol. The van der Waals surface area contributed by atoms with Crippen molar-refractivity contribution in [1.29, 1.82) is 0 Å². The molecule has 0 aromatic carbocycles. The van der Waals surface area contributed by atoms with Crippen LogP contribution in [-0.4, -0.2) is 21.5 Å². The second-order valence-corrected chi connectivity index (χ2v) is 4.22. The first-order valence-corrected chi connectivity index (χ1v) is 6.59. The third kappa shape index (κ3) is 4.54. The summed E-state index contributed by atoms with van der Waals surface area (Å²) in [5.41, 5.74) is 0.968. The molecule has 0 aliphatic carbocycles. The second kappa shape index (κ2) is 7.31. The molecule has 100 valence electrons. The molecular formula is C14H19N5. The highest BCUT2D eigenvalue weighted by molar-refractivity contribution is 5.39. The van der Waals surface area contributed by atoms with Crippen LogP contribution < -0.4 is 10.6 Å². The van der Waals surface area contributed by atoms with Crippen LogP contribution in [0.15, 0.2) is 36.7 Å². The number of nitrogens with one attached hydrogen (secondary N) is 2. The van der Waals surface area contributed by atoms with E-state index in [4.69, 9.17) is 0 Å². The Hall–Kier alpha value is -2.17. The highest BCUT2D eigenvalue weighted by Crippen LogP contribution is 2.07. The number of anilines is 2. The van der Waals surface area contributed by atoms with Crippen molar-refractivity contribution in [3.8, 4) is 0 Å². The molecule has 5 nitrogen and oxygen atoms in total. The molecular weight excluding hydrogens is 238 g/mol. The maximum atomic E-state index is 4.40. The molecule has 5 heteroatoms. The molecule has 2 aromatic heterocycles. The highest BCUT2D eigenvalue weighted by Gasteiger charge is 1.99. The fraction of sp³-hybridized carbons (Fsp3) is 0.357. The minimum Gasteiger partial charge on any atom is -0.370 e. The summed E-state index contributed by atoms with van der Waals surface area (Å²) in [4.78, 5) is 12.8. The molecule has 0 atom stereocenters. The van der Waals surface area contributed by atoms with E-state index in [1.807, 2.05) is 24.3 Å². The van der Waals surface area contributed by atoms with Gasteiger partial charge >= 0.3 is 0 Å². The van der Waals surface area contributed by atoms with Crippen LogP contribution >= 0.6 is 0 Å². The maximum absolute atomic E-state index is 4.40. The van der Waals surface area contributed by atoms with Gasteiger partial charge in [-0.1, -0.05) is 19.4 Å². The second-order valence-electron chi connectivity index (χ2n) is 4.22. The monoisotopic (exact) mass is 257 g/mol. The van der Waals surface area contributed by atoms with Crippen molar-refractivity contribution in [2.24, 2.45) is 0 Å². The molecule has 19 heavy (non-hydrogen) atoms. The van der Waals surface area contributed by atoms with Gasteiger partial charge in [0.25, 0.3) is 0 Å².